The van der Waals surface area contributed by atoms with Gasteiger partial charge in [0.1, 0.15) is 0 Å². The van der Waals surface area contributed by atoms with Crippen LogP contribution in [-0.2, 0) is 13.0 Å². The molecule has 102 valence electrons. The van der Waals surface area contributed by atoms with E-state index in [9.17, 15) is 0 Å². The van der Waals surface area contributed by atoms with Gasteiger partial charge in [-0.3, -0.25) is 0 Å². The summed E-state index contributed by atoms with van der Waals surface area (Å²) in [6.07, 6.45) is 1.06. The second-order valence-electron chi connectivity index (χ2n) is 4.53. The van der Waals surface area contributed by atoms with E-state index in [0.717, 1.165) is 18.9 Å². The highest BCUT2D eigenvalue weighted by Gasteiger charge is 2.04. The predicted molar refractivity (Wildman–Crippen MR) is 89.7 cm³/mol. The number of nitrogens with zero attached hydrogens (tertiary/aromatic N) is 3. The lowest BCUT2D eigenvalue weighted by Gasteiger charge is -2.22. The second kappa shape index (κ2) is 8.34. The van der Waals surface area contributed by atoms with Crippen LogP contribution in [0, 0.1) is 0 Å². The Morgan fingerprint density at radius 1 is 1.00 bits per heavy atom. The molecule has 0 amide bonds. The Bertz CT molecular complexity index is 376. The molecule has 0 radical (unpaired) electrons. The molecule has 0 unspecified atom stereocenters. The maximum Gasteiger partial charge on any atom is 0.195 e. The second-order valence-corrected chi connectivity index (χ2v) is 4.53. The average Bonchev–Trinajstić information content (AvgIpc) is 2.29. The summed E-state index contributed by atoms with van der Waals surface area (Å²) in [5.74, 6) is 0.996. The van der Waals surface area contributed by atoms with Crippen molar-refractivity contribution in [2.75, 3.05) is 28.2 Å². The minimum absolute atomic E-state index is 0. The average molecular weight is 361 g/mol. The van der Waals surface area contributed by atoms with E-state index in [2.05, 4.69) is 36.2 Å². The van der Waals surface area contributed by atoms with Crippen molar-refractivity contribution >= 4 is 29.9 Å². The molecule has 1 aromatic rings. The fraction of sp³-hybridized carbons (Fsp3) is 0.500. The van der Waals surface area contributed by atoms with Crippen LogP contribution in [0.5, 0.6) is 0 Å². The number of rotatable bonds is 3. The number of guanidine groups is 1. The van der Waals surface area contributed by atoms with Crippen LogP contribution >= 0.6 is 24.0 Å². The van der Waals surface area contributed by atoms with Crippen molar-refractivity contribution in [1.82, 2.24) is 9.80 Å². The van der Waals surface area contributed by atoms with Crippen LogP contribution in [0.4, 0.5) is 0 Å². The van der Waals surface area contributed by atoms with Gasteiger partial charge in [-0.25, -0.2) is 4.99 Å². The number of aliphatic imine (C=N–C) groups is 1. The van der Waals surface area contributed by atoms with Gasteiger partial charge < -0.3 is 9.80 Å². The zero-order chi connectivity index (χ0) is 12.8. The fourth-order valence-corrected chi connectivity index (χ4v) is 1.90. The van der Waals surface area contributed by atoms with Crippen molar-refractivity contribution in [2.45, 2.75) is 19.9 Å². The molecule has 0 saturated carbocycles. The normalized spacial score (nSPS) is 9.39. The van der Waals surface area contributed by atoms with Crippen LogP contribution < -0.4 is 0 Å². The Kier molecular flexibility index (Phi) is 7.98. The van der Waals surface area contributed by atoms with Crippen LogP contribution in [-0.4, -0.2) is 44.0 Å². The van der Waals surface area contributed by atoms with Gasteiger partial charge in [-0.2, -0.15) is 0 Å². The molecule has 4 heteroatoms. The van der Waals surface area contributed by atoms with E-state index in [0.29, 0.717) is 0 Å². The van der Waals surface area contributed by atoms with Gasteiger partial charge in [0, 0.05) is 28.2 Å². The Morgan fingerprint density at radius 3 is 1.94 bits per heavy atom. The van der Waals surface area contributed by atoms with Crippen LogP contribution in [0.15, 0.2) is 29.3 Å². The van der Waals surface area contributed by atoms with Gasteiger partial charge in [0.25, 0.3) is 0 Å². The first kappa shape index (κ1) is 17.2. The molecule has 1 rings (SSSR count). The summed E-state index contributed by atoms with van der Waals surface area (Å²) in [4.78, 5) is 8.74. The number of aryl methyl sites for hydroxylation is 1. The monoisotopic (exact) mass is 361 g/mol. The van der Waals surface area contributed by atoms with Crippen LogP contribution in [0.2, 0.25) is 0 Å². The largest absolute Gasteiger partial charge is 0.349 e. The van der Waals surface area contributed by atoms with Crippen molar-refractivity contribution in [2.24, 2.45) is 4.99 Å². The molecule has 18 heavy (non-hydrogen) atoms. The first-order valence-corrected chi connectivity index (χ1v) is 6.02. The predicted octanol–water partition coefficient (Wildman–Crippen LogP) is 2.85. The standard InChI is InChI=1S/C14H23N3.HI/c1-6-12-9-7-8-10-13(12)11-15-14(16(2)3)17(4)5;/h7-10H,6,11H2,1-5H3;1H. The summed E-state index contributed by atoms with van der Waals surface area (Å²) >= 11 is 0. The third-order valence-corrected chi connectivity index (χ3v) is 2.69. The summed E-state index contributed by atoms with van der Waals surface area (Å²) in [5.41, 5.74) is 2.70. The first-order valence-electron chi connectivity index (χ1n) is 6.02. The molecule has 0 saturated heterocycles. The van der Waals surface area contributed by atoms with Gasteiger partial charge in [-0.15, -0.1) is 24.0 Å². The Labute approximate surface area is 128 Å². The molecule has 3 nitrogen and oxygen atoms in total. The fourth-order valence-electron chi connectivity index (χ4n) is 1.90. The Balaban J connectivity index is 0.00000289. The Morgan fingerprint density at radius 2 is 1.50 bits per heavy atom. The lowest BCUT2D eigenvalue weighted by Crippen LogP contribution is -2.35. The molecule has 0 aromatic heterocycles. The van der Waals surface area contributed by atoms with Crippen LogP contribution in [0.3, 0.4) is 0 Å². The zero-order valence-corrected chi connectivity index (χ0v) is 14.3. The lowest BCUT2D eigenvalue weighted by molar-refractivity contribution is 0.479. The molecule has 0 fully saturated rings. The molecule has 0 aliphatic heterocycles. The third kappa shape index (κ3) is 4.84. The summed E-state index contributed by atoms with van der Waals surface area (Å²) in [5, 5.41) is 0. The van der Waals surface area contributed by atoms with Gasteiger partial charge in [-0.05, 0) is 17.5 Å². The van der Waals surface area contributed by atoms with Crippen LogP contribution in [0.1, 0.15) is 18.1 Å². The molecular formula is C14H24IN3. The van der Waals surface area contributed by atoms with Crippen molar-refractivity contribution in [1.29, 1.82) is 0 Å². The van der Waals surface area contributed by atoms with Gasteiger partial charge in [0.2, 0.25) is 0 Å². The minimum Gasteiger partial charge on any atom is -0.349 e. The highest BCUT2D eigenvalue weighted by atomic mass is 127. The topological polar surface area (TPSA) is 18.8 Å². The Hall–Kier alpha value is -0.780. The molecule has 0 N–H and O–H groups in total. The zero-order valence-electron chi connectivity index (χ0n) is 12.0. The molecule has 0 aliphatic carbocycles. The van der Waals surface area contributed by atoms with Crippen molar-refractivity contribution < 1.29 is 0 Å². The van der Waals surface area contributed by atoms with E-state index in [1.807, 2.05) is 38.0 Å². The minimum atomic E-state index is 0. The molecular weight excluding hydrogens is 337 g/mol. The quantitative estimate of drug-likeness (QED) is 0.468. The van der Waals surface area contributed by atoms with E-state index in [-0.39, 0.29) is 24.0 Å². The summed E-state index contributed by atoms with van der Waals surface area (Å²) < 4.78 is 0. The van der Waals surface area contributed by atoms with E-state index < -0.39 is 0 Å². The SMILES string of the molecule is CCc1ccccc1CN=C(N(C)C)N(C)C.I. The van der Waals surface area contributed by atoms with Crippen molar-refractivity contribution in [3.63, 3.8) is 0 Å². The first-order chi connectivity index (χ1) is 8.06. The maximum atomic E-state index is 4.67. The van der Waals surface area contributed by atoms with E-state index in [1.54, 1.807) is 0 Å². The lowest BCUT2D eigenvalue weighted by atomic mass is 10.1. The molecule has 1 aromatic carbocycles. The van der Waals surface area contributed by atoms with Crippen LogP contribution in [0.25, 0.3) is 0 Å². The van der Waals surface area contributed by atoms with Crippen molar-refractivity contribution in [3.05, 3.63) is 35.4 Å². The number of hydrogen-bond donors (Lipinski definition) is 0. The molecule has 0 heterocycles. The summed E-state index contributed by atoms with van der Waals surface area (Å²) in [6, 6.07) is 8.50. The number of halogens is 1. The van der Waals surface area contributed by atoms with Gasteiger partial charge in [-0.1, -0.05) is 31.2 Å². The number of benzene rings is 1. The highest BCUT2D eigenvalue weighted by molar-refractivity contribution is 14.0. The van der Waals surface area contributed by atoms with E-state index in [4.69, 9.17) is 0 Å². The third-order valence-electron chi connectivity index (χ3n) is 2.69. The molecule has 0 bridgehead atoms. The summed E-state index contributed by atoms with van der Waals surface area (Å²) in [7, 11) is 8.07. The summed E-state index contributed by atoms with van der Waals surface area (Å²) in [6.45, 7) is 2.93. The number of hydrogen-bond acceptors (Lipinski definition) is 1. The molecule has 0 spiro atoms. The smallest absolute Gasteiger partial charge is 0.195 e. The maximum absolute atomic E-state index is 4.67. The molecule has 0 aliphatic rings. The van der Waals surface area contributed by atoms with Gasteiger partial charge in [0.15, 0.2) is 5.96 Å². The molecule has 0 atom stereocenters. The highest BCUT2D eigenvalue weighted by Crippen LogP contribution is 2.11. The van der Waals surface area contributed by atoms with E-state index >= 15 is 0 Å². The van der Waals surface area contributed by atoms with Gasteiger partial charge in [0.05, 0.1) is 6.54 Å². The van der Waals surface area contributed by atoms with Gasteiger partial charge >= 0.3 is 0 Å². The van der Waals surface area contributed by atoms with Crippen molar-refractivity contribution in [3.8, 4) is 0 Å². The van der Waals surface area contributed by atoms with E-state index in [1.165, 1.54) is 11.1 Å².